The highest BCUT2D eigenvalue weighted by Crippen LogP contribution is 2.22. The molecular formula is C27H23ClN6O4S. The van der Waals surface area contributed by atoms with Gasteiger partial charge in [-0.1, -0.05) is 17.7 Å². The van der Waals surface area contributed by atoms with Crippen LogP contribution in [0, 0.1) is 0 Å². The summed E-state index contributed by atoms with van der Waals surface area (Å²) in [7, 11) is -3.63. The smallest absolute Gasteiger partial charge is 0.251 e. The van der Waals surface area contributed by atoms with Crippen molar-refractivity contribution >= 4 is 38.4 Å². The molecule has 1 amide bonds. The fraction of sp³-hybridized carbons (Fsp3) is 0.148. The molecule has 0 saturated heterocycles. The number of aromatic nitrogens is 5. The quantitative estimate of drug-likeness (QED) is 0.296. The average Bonchev–Trinajstić information content (AvgIpc) is 3.29. The Morgan fingerprint density at radius 2 is 1.90 bits per heavy atom. The highest BCUT2D eigenvalue weighted by atomic mass is 35.5. The second-order valence-corrected chi connectivity index (χ2v) is 11.4. The molecule has 10 nitrogen and oxygen atoms in total. The summed E-state index contributed by atoms with van der Waals surface area (Å²) in [6.45, 7) is 0.281. The van der Waals surface area contributed by atoms with Gasteiger partial charge < -0.3 is 14.9 Å². The molecule has 39 heavy (non-hydrogen) atoms. The molecule has 0 radical (unpaired) electrons. The van der Waals surface area contributed by atoms with Gasteiger partial charge in [0.2, 0.25) is 0 Å². The van der Waals surface area contributed by atoms with Crippen molar-refractivity contribution in [2.24, 2.45) is 0 Å². The minimum Gasteiger partial charge on any atom is -0.348 e. The number of sulfone groups is 1. The van der Waals surface area contributed by atoms with Crippen LogP contribution in [0.4, 0.5) is 0 Å². The number of fused-ring (bicyclic) bond motifs is 1. The topological polar surface area (TPSA) is 140 Å². The summed E-state index contributed by atoms with van der Waals surface area (Å²) < 4.78 is 26.5. The lowest BCUT2D eigenvalue weighted by atomic mass is 10.1. The van der Waals surface area contributed by atoms with Gasteiger partial charge in [0.05, 0.1) is 22.2 Å². The number of nitrogens with one attached hydrogen (secondary N) is 2. The number of aromatic amines is 1. The molecule has 0 aliphatic rings. The van der Waals surface area contributed by atoms with Crippen LogP contribution in [0.5, 0.6) is 0 Å². The summed E-state index contributed by atoms with van der Waals surface area (Å²) in [5.74, 6) is -0.294. The number of pyridine rings is 4. The molecule has 0 spiro atoms. The van der Waals surface area contributed by atoms with Gasteiger partial charge in [0.25, 0.3) is 11.5 Å². The zero-order valence-corrected chi connectivity index (χ0v) is 22.3. The first-order valence-electron chi connectivity index (χ1n) is 11.9. The van der Waals surface area contributed by atoms with Gasteiger partial charge in [-0.3, -0.25) is 19.6 Å². The minimum atomic E-state index is -3.63. The van der Waals surface area contributed by atoms with Crippen LogP contribution in [0.2, 0.25) is 5.02 Å². The Balaban J connectivity index is 1.32. The summed E-state index contributed by atoms with van der Waals surface area (Å²) in [5, 5.41) is 4.20. The maximum atomic E-state index is 12.8. The molecule has 0 aliphatic carbocycles. The molecule has 0 fully saturated rings. The van der Waals surface area contributed by atoms with Crippen LogP contribution >= 0.6 is 11.6 Å². The average molecular weight is 563 g/mol. The minimum absolute atomic E-state index is 0.0228. The van der Waals surface area contributed by atoms with Gasteiger partial charge in [-0.25, -0.2) is 13.4 Å². The van der Waals surface area contributed by atoms with Crippen molar-refractivity contribution in [2.75, 3.05) is 6.26 Å². The predicted molar refractivity (Wildman–Crippen MR) is 146 cm³/mol. The van der Waals surface area contributed by atoms with E-state index in [9.17, 15) is 18.0 Å². The van der Waals surface area contributed by atoms with Crippen LogP contribution in [0.25, 0.3) is 11.0 Å². The van der Waals surface area contributed by atoms with E-state index >= 15 is 0 Å². The first-order valence-corrected chi connectivity index (χ1v) is 14.1. The Labute approximate surface area is 228 Å². The maximum absolute atomic E-state index is 12.8. The van der Waals surface area contributed by atoms with Gasteiger partial charge in [0, 0.05) is 72.9 Å². The molecule has 5 aromatic rings. The Kier molecular flexibility index (Phi) is 7.27. The summed E-state index contributed by atoms with van der Waals surface area (Å²) in [5.41, 5.74) is 3.06. The predicted octanol–water partition coefficient (Wildman–Crippen LogP) is 3.14. The summed E-state index contributed by atoms with van der Waals surface area (Å²) in [6.07, 6.45) is 9.35. The second kappa shape index (κ2) is 10.8. The van der Waals surface area contributed by atoms with E-state index in [0.29, 0.717) is 27.5 Å². The van der Waals surface area contributed by atoms with Crippen LogP contribution in [0.3, 0.4) is 0 Å². The van der Waals surface area contributed by atoms with Crippen molar-refractivity contribution in [1.29, 1.82) is 0 Å². The number of hydrogen-bond acceptors (Lipinski definition) is 7. The van der Waals surface area contributed by atoms with Crippen molar-refractivity contribution in [3.63, 3.8) is 0 Å². The van der Waals surface area contributed by atoms with Crippen LogP contribution in [-0.4, -0.2) is 45.1 Å². The Hall–Kier alpha value is -4.35. The summed E-state index contributed by atoms with van der Waals surface area (Å²) in [4.78, 5) is 40.9. The third kappa shape index (κ3) is 6.05. The fourth-order valence-electron chi connectivity index (χ4n) is 4.12. The molecule has 0 atom stereocenters. The van der Waals surface area contributed by atoms with E-state index in [4.69, 9.17) is 11.6 Å². The first-order chi connectivity index (χ1) is 18.7. The van der Waals surface area contributed by atoms with E-state index in [-0.39, 0.29) is 41.6 Å². The maximum Gasteiger partial charge on any atom is 0.251 e. The first kappa shape index (κ1) is 26.3. The Morgan fingerprint density at radius 3 is 2.69 bits per heavy atom. The van der Waals surface area contributed by atoms with Crippen molar-refractivity contribution in [1.82, 2.24) is 29.8 Å². The number of carbonyl (C=O) groups is 1. The molecule has 0 saturated carbocycles. The molecule has 0 aromatic carbocycles. The van der Waals surface area contributed by atoms with Crippen molar-refractivity contribution < 1.29 is 13.2 Å². The number of H-pyrrole nitrogens is 1. The van der Waals surface area contributed by atoms with Crippen LogP contribution in [0.15, 0.2) is 83.1 Å². The normalized spacial score (nSPS) is 11.5. The van der Waals surface area contributed by atoms with Crippen molar-refractivity contribution in [3.8, 4) is 0 Å². The molecular weight excluding hydrogens is 540 g/mol. The van der Waals surface area contributed by atoms with Gasteiger partial charge in [0.1, 0.15) is 5.65 Å². The highest BCUT2D eigenvalue weighted by molar-refractivity contribution is 7.90. The van der Waals surface area contributed by atoms with Crippen molar-refractivity contribution in [3.05, 3.63) is 117 Å². The Morgan fingerprint density at radius 1 is 1.08 bits per heavy atom. The van der Waals surface area contributed by atoms with Crippen LogP contribution in [0.1, 0.15) is 32.9 Å². The molecule has 2 N–H and O–H groups in total. The SMILES string of the molecule is CS(=O)(=O)c1cc(Cc2cc(C(=O)NCc3cnc4[nH]cc(Cl)c4c3)ccn2)cnc1Cn1ccccc1=O. The van der Waals surface area contributed by atoms with Gasteiger partial charge in [-0.15, -0.1) is 0 Å². The number of rotatable bonds is 8. The molecule has 0 aliphatic heterocycles. The molecule has 198 valence electrons. The van der Waals surface area contributed by atoms with Gasteiger partial charge in [-0.2, -0.15) is 0 Å². The zero-order chi connectivity index (χ0) is 27.6. The van der Waals surface area contributed by atoms with Gasteiger partial charge in [0.15, 0.2) is 9.84 Å². The lowest BCUT2D eigenvalue weighted by molar-refractivity contribution is 0.0950. The fourth-order valence-corrected chi connectivity index (χ4v) is 5.23. The van der Waals surface area contributed by atoms with Gasteiger partial charge >= 0.3 is 0 Å². The highest BCUT2D eigenvalue weighted by Gasteiger charge is 2.17. The molecule has 5 aromatic heterocycles. The lowest BCUT2D eigenvalue weighted by Crippen LogP contribution is -2.23. The number of amides is 1. The number of nitrogens with zero attached hydrogens (tertiary/aromatic N) is 4. The van der Waals surface area contributed by atoms with Crippen LogP contribution in [-0.2, 0) is 29.3 Å². The van der Waals surface area contributed by atoms with Crippen LogP contribution < -0.4 is 10.9 Å². The number of hydrogen-bond donors (Lipinski definition) is 2. The van der Waals surface area contributed by atoms with E-state index in [1.165, 1.54) is 22.9 Å². The summed E-state index contributed by atoms with van der Waals surface area (Å²) >= 11 is 6.16. The molecule has 5 rings (SSSR count). The van der Waals surface area contributed by atoms with E-state index < -0.39 is 9.84 Å². The van der Waals surface area contributed by atoms with E-state index in [1.54, 1.807) is 49.1 Å². The lowest BCUT2D eigenvalue weighted by Gasteiger charge is -2.11. The zero-order valence-electron chi connectivity index (χ0n) is 20.8. The largest absolute Gasteiger partial charge is 0.348 e. The van der Waals surface area contributed by atoms with E-state index in [2.05, 4.69) is 25.3 Å². The number of halogens is 1. The monoisotopic (exact) mass is 562 g/mol. The van der Waals surface area contributed by atoms with E-state index in [0.717, 1.165) is 17.2 Å². The number of carbonyl (C=O) groups excluding carboxylic acids is 1. The molecule has 12 heteroatoms. The third-order valence-electron chi connectivity index (χ3n) is 6.06. The molecule has 5 heterocycles. The van der Waals surface area contributed by atoms with E-state index in [1.807, 2.05) is 6.07 Å². The summed E-state index contributed by atoms with van der Waals surface area (Å²) in [6, 6.07) is 11.4. The van der Waals surface area contributed by atoms with Crippen molar-refractivity contribution in [2.45, 2.75) is 24.4 Å². The third-order valence-corrected chi connectivity index (χ3v) is 7.53. The Bertz CT molecular complexity index is 1870. The standard InChI is InChI=1S/C27H23ClN6O4S/c1-39(37,38)24-10-17(12-30-23(24)16-34-7-3-2-4-25(34)35)8-20-11-19(5-6-29-20)27(36)33-14-18-9-21-22(28)15-32-26(21)31-13-18/h2-7,9-13,15H,8,14,16H2,1H3,(H,31,32)(H,33,36). The van der Waals surface area contributed by atoms with Gasteiger partial charge in [-0.05, 0) is 41.5 Å². The molecule has 0 bridgehead atoms. The second-order valence-electron chi connectivity index (χ2n) is 9.00. The molecule has 0 unspecified atom stereocenters.